The average Bonchev–Trinajstić information content (AvgIpc) is 2.67. The van der Waals surface area contributed by atoms with E-state index >= 15 is 0 Å². The first kappa shape index (κ1) is 21.4. The summed E-state index contributed by atoms with van der Waals surface area (Å²) in [5, 5.41) is 2.54. The molecule has 3 N–H and O–H groups in total. The van der Waals surface area contributed by atoms with Crippen LogP contribution in [0.5, 0.6) is 5.75 Å². The number of nitrogens with one attached hydrogen (secondary N) is 3. The minimum atomic E-state index is -0.407. The summed E-state index contributed by atoms with van der Waals surface area (Å²) in [4.78, 5) is 24.4. The molecule has 0 saturated heterocycles. The molecule has 0 saturated carbocycles. The van der Waals surface area contributed by atoms with Crippen molar-refractivity contribution in [2.45, 2.75) is 26.7 Å². The molecular formula is C21H25N3O3S. The number of ether oxygens (including phenoxy) is 1. The maximum absolute atomic E-state index is 12.5. The van der Waals surface area contributed by atoms with Gasteiger partial charge >= 0.3 is 0 Å². The number of rotatable bonds is 7. The second kappa shape index (κ2) is 11.0. The van der Waals surface area contributed by atoms with Crippen LogP contribution in [0, 0.1) is 5.92 Å². The first-order valence-electron chi connectivity index (χ1n) is 9.11. The standard InChI is InChI=1S/C21H25N3O3S/c1-15(2)12-13-27-18-11-7-6-10-17(18)20(26)22-21(28)24-23-19(25)14-16-8-4-3-5-9-16/h3-11,15H,12-14H2,1-2H3,(H,23,25)(H2,22,24,26,28). The summed E-state index contributed by atoms with van der Waals surface area (Å²) in [6.45, 7) is 4.75. The highest BCUT2D eigenvalue weighted by molar-refractivity contribution is 7.80. The van der Waals surface area contributed by atoms with Crippen LogP contribution in [-0.2, 0) is 11.2 Å². The second-order valence-electron chi connectivity index (χ2n) is 6.65. The number of hydrazine groups is 1. The van der Waals surface area contributed by atoms with E-state index in [2.05, 4.69) is 30.0 Å². The van der Waals surface area contributed by atoms with E-state index < -0.39 is 5.91 Å². The molecule has 0 bridgehead atoms. The Morgan fingerprint density at radius 3 is 2.39 bits per heavy atom. The molecule has 2 amide bonds. The summed E-state index contributed by atoms with van der Waals surface area (Å²) in [6.07, 6.45) is 1.10. The van der Waals surface area contributed by atoms with Crippen LogP contribution < -0.4 is 20.9 Å². The summed E-state index contributed by atoms with van der Waals surface area (Å²) in [7, 11) is 0. The zero-order valence-corrected chi connectivity index (χ0v) is 16.8. The molecule has 0 aliphatic heterocycles. The van der Waals surface area contributed by atoms with Gasteiger partial charge in [0.15, 0.2) is 5.11 Å². The van der Waals surface area contributed by atoms with Crippen molar-refractivity contribution in [1.29, 1.82) is 0 Å². The largest absolute Gasteiger partial charge is 0.493 e. The van der Waals surface area contributed by atoms with Crippen molar-refractivity contribution >= 4 is 29.1 Å². The molecule has 28 heavy (non-hydrogen) atoms. The molecule has 0 aromatic heterocycles. The SMILES string of the molecule is CC(C)CCOc1ccccc1C(=O)NC(=S)NNC(=O)Cc1ccccc1. The monoisotopic (exact) mass is 399 g/mol. The maximum Gasteiger partial charge on any atom is 0.261 e. The molecule has 2 rings (SSSR count). The fourth-order valence-electron chi connectivity index (χ4n) is 2.34. The minimum Gasteiger partial charge on any atom is -0.493 e. The second-order valence-corrected chi connectivity index (χ2v) is 7.05. The number of hydrogen-bond acceptors (Lipinski definition) is 4. The highest BCUT2D eigenvalue weighted by Gasteiger charge is 2.14. The van der Waals surface area contributed by atoms with E-state index in [-0.39, 0.29) is 17.4 Å². The normalized spacial score (nSPS) is 10.2. The lowest BCUT2D eigenvalue weighted by Gasteiger charge is -2.14. The summed E-state index contributed by atoms with van der Waals surface area (Å²) in [6, 6.07) is 16.3. The van der Waals surface area contributed by atoms with Crippen LogP contribution in [0.25, 0.3) is 0 Å². The van der Waals surface area contributed by atoms with Gasteiger partial charge in [0.2, 0.25) is 5.91 Å². The van der Waals surface area contributed by atoms with Gasteiger partial charge in [-0.05, 0) is 42.3 Å². The molecule has 6 nitrogen and oxygen atoms in total. The van der Waals surface area contributed by atoms with E-state index in [4.69, 9.17) is 17.0 Å². The Morgan fingerprint density at radius 1 is 1.00 bits per heavy atom. The molecule has 0 atom stereocenters. The molecule has 0 aliphatic rings. The topological polar surface area (TPSA) is 79.5 Å². The summed E-state index contributed by atoms with van der Waals surface area (Å²) >= 11 is 5.08. The predicted octanol–water partition coefficient (Wildman–Crippen LogP) is 2.99. The van der Waals surface area contributed by atoms with Crippen molar-refractivity contribution in [3.05, 3.63) is 65.7 Å². The lowest BCUT2D eigenvalue weighted by molar-refractivity contribution is -0.121. The Morgan fingerprint density at radius 2 is 1.68 bits per heavy atom. The van der Waals surface area contributed by atoms with E-state index in [1.165, 1.54) is 0 Å². The molecule has 7 heteroatoms. The van der Waals surface area contributed by atoms with Crippen LogP contribution in [-0.4, -0.2) is 23.5 Å². The van der Waals surface area contributed by atoms with Crippen molar-refractivity contribution < 1.29 is 14.3 Å². The Balaban J connectivity index is 1.83. The third-order valence-corrected chi connectivity index (χ3v) is 4.04. The van der Waals surface area contributed by atoms with E-state index in [0.717, 1.165) is 12.0 Å². The fraction of sp³-hybridized carbons (Fsp3) is 0.286. The van der Waals surface area contributed by atoms with Crippen molar-refractivity contribution in [2.24, 2.45) is 5.92 Å². The van der Waals surface area contributed by atoms with Gasteiger partial charge < -0.3 is 4.74 Å². The Kier molecular flexibility index (Phi) is 8.42. The maximum atomic E-state index is 12.5. The van der Waals surface area contributed by atoms with Gasteiger partial charge in [0.1, 0.15) is 5.75 Å². The Labute approximate surface area is 170 Å². The highest BCUT2D eigenvalue weighted by Crippen LogP contribution is 2.18. The van der Waals surface area contributed by atoms with Crippen LogP contribution in [0.3, 0.4) is 0 Å². The van der Waals surface area contributed by atoms with Crippen molar-refractivity contribution in [3.8, 4) is 5.75 Å². The zero-order valence-electron chi connectivity index (χ0n) is 16.0. The third kappa shape index (κ3) is 7.36. The lowest BCUT2D eigenvalue weighted by Crippen LogP contribution is -2.48. The number of hydrogen-bond donors (Lipinski definition) is 3. The summed E-state index contributed by atoms with van der Waals surface area (Å²) in [5.74, 6) is 0.337. The predicted molar refractivity (Wildman–Crippen MR) is 113 cm³/mol. The first-order valence-corrected chi connectivity index (χ1v) is 9.52. The molecule has 2 aromatic carbocycles. The molecule has 0 heterocycles. The van der Waals surface area contributed by atoms with Crippen molar-refractivity contribution in [1.82, 2.24) is 16.2 Å². The minimum absolute atomic E-state index is 0.00314. The van der Waals surface area contributed by atoms with Gasteiger partial charge in [-0.3, -0.25) is 25.8 Å². The van der Waals surface area contributed by atoms with Crippen molar-refractivity contribution in [2.75, 3.05) is 6.61 Å². The number of benzene rings is 2. The van der Waals surface area contributed by atoms with Crippen LogP contribution in [0.1, 0.15) is 36.2 Å². The zero-order chi connectivity index (χ0) is 20.4. The van der Waals surface area contributed by atoms with Gasteiger partial charge in [-0.25, -0.2) is 0 Å². The van der Waals surface area contributed by atoms with Crippen LogP contribution in [0.4, 0.5) is 0 Å². The van der Waals surface area contributed by atoms with Gasteiger partial charge in [0.25, 0.3) is 5.91 Å². The van der Waals surface area contributed by atoms with Crippen LogP contribution >= 0.6 is 12.2 Å². The van der Waals surface area contributed by atoms with E-state index in [9.17, 15) is 9.59 Å². The van der Waals surface area contributed by atoms with E-state index in [0.29, 0.717) is 23.8 Å². The molecule has 0 spiro atoms. The number of carbonyl (C=O) groups excluding carboxylic acids is 2. The van der Waals surface area contributed by atoms with Gasteiger partial charge in [-0.2, -0.15) is 0 Å². The quantitative estimate of drug-likeness (QED) is 0.493. The van der Waals surface area contributed by atoms with E-state index in [1.807, 2.05) is 36.4 Å². The number of thiocarbonyl (C=S) groups is 1. The summed E-state index contributed by atoms with van der Waals surface area (Å²) < 4.78 is 5.72. The summed E-state index contributed by atoms with van der Waals surface area (Å²) in [5.41, 5.74) is 6.27. The number of amides is 2. The van der Waals surface area contributed by atoms with Gasteiger partial charge in [-0.1, -0.05) is 56.3 Å². The van der Waals surface area contributed by atoms with Crippen LogP contribution in [0.2, 0.25) is 0 Å². The van der Waals surface area contributed by atoms with Crippen molar-refractivity contribution in [3.63, 3.8) is 0 Å². The molecule has 148 valence electrons. The molecule has 0 radical (unpaired) electrons. The average molecular weight is 400 g/mol. The Hall–Kier alpha value is -2.93. The third-order valence-electron chi connectivity index (χ3n) is 3.83. The fourth-order valence-corrected chi connectivity index (χ4v) is 2.48. The van der Waals surface area contributed by atoms with Crippen LogP contribution in [0.15, 0.2) is 54.6 Å². The van der Waals surface area contributed by atoms with Gasteiger partial charge in [0, 0.05) is 0 Å². The Bertz CT molecular complexity index is 810. The van der Waals surface area contributed by atoms with Gasteiger partial charge in [-0.15, -0.1) is 0 Å². The van der Waals surface area contributed by atoms with E-state index in [1.54, 1.807) is 18.2 Å². The number of para-hydroxylation sites is 1. The molecule has 0 unspecified atom stereocenters. The highest BCUT2D eigenvalue weighted by atomic mass is 32.1. The molecular weight excluding hydrogens is 374 g/mol. The number of carbonyl (C=O) groups is 2. The molecule has 0 fully saturated rings. The lowest BCUT2D eigenvalue weighted by atomic mass is 10.1. The molecule has 0 aliphatic carbocycles. The first-order chi connectivity index (χ1) is 13.5. The van der Waals surface area contributed by atoms with Gasteiger partial charge in [0.05, 0.1) is 18.6 Å². The smallest absolute Gasteiger partial charge is 0.261 e. The molecule has 2 aromatic rings.